The lowest BCUT2D eigenvalue weighted by Crippen LogP contribution is -2.42. The number of aromatic nitrogens is 1. The van der Waals surface area contributed by atoms with Crippen LogP contribution in [0.5, 0.6) is 0 Å². The summed E-state index contributed by atoms with van der Waals surface area (Å²) in [6.07, 6.45) is 4.18. The van der Waals surface area contributed by atoms with Crippen LogP contribution in [0.2, 0.25) is 5.02 Å². The summed E-state index contributed by atoms with van der Waals surface area (Å²) in [5.41, 5.74) is 1.28. The standard InChI is InChI=1S/C17H20ClN3/c18-15-6-4-14(5-7-15)13-20-16-8-11-21(12-9-16)17-3-1-2-10-19-17/h1-7,10,16,20H,8-9,11-13H2. The highest BCUT2D eigenvalue weighted by molar-refractivity contribution is 6.30. The molecule has 1 saturated heterocycles. The van der Waals surface area contributed by atoms with E-state index in [2.05, 4.69) is 33.4 Å². The van der Waals surface area contributed by atoms with Crippen LogP contribution in [0.25, 0.3) is 0 Å². The highest BCUT2D eigenvalue weighted by Crippen LogP contribution is 2.17. The van der Waals surface area contributed by atoms with E-state index in [1.807, 2.05) is 30.5 Å². The van der Waals surface area contributed by atoms with Crippen LogP contribution in [-0.4, -0.2) is 24.1 Å². The molecular weight excluding hydrogens is 282 g/mol. The average Bonchev–Trinajstić information content (AvgIpc) is 2.56. The van der Waals surface area contributed by atoms with Crippen LogP contribution in [-0.2, 0) is 6.54 Å². The van der Waals surface area contributed by atoms with Gasteiger partial charge in [-0.25, -0.2) is 4.98 Å². The summed E-state index contributed by atoms with van der Waals surface area (Å²) in [7, 11) is 0. The molecule has 1 N–H and O–H groups in total. The van der Waals surface area contributed by atoms with Gasteiger partial charge in [-0.15, -0.1) is 0 Å². The zero-order chi connectivity index (χ0) is 14.5. The number of pyridine rings is 1. The second kappa shape index (κ2) is 6.92. The number of anilines is 1. The Bertz CT molecular complexity index is 548. The number of rotatable bonds is 4. The SMILES string of the molecule is Clc1ccc(CNC2CCN(c3ccccn3)CC2)cc1. The van der Waals surface area contributed by atoms with Gasteiger partial charge in [0.1, 0.15) is 5.82 Å². The number of hydrogen-bond acceptors (Lipinski definition) is 3. The molecule has 3 nitrogen and oxygen atoms in total. The van der Waals surface area contributed by atoms with Gasteiger partial charge in [-0.3, -0.25) is 0 Å². The van der Waals surface area contributed by atoms with Crippen molar-refractivity contribution in [3.8, 4) is 0 Å². The topological polar surface area (TPSA) is 28.2 Å². The van der Waals surface area contributed by atoms with Crippen molar-refractivity contribution in [2.75, 3.05) is 18.0 Å². The molecule has 0 amide bonds. The van der Waals surface area contributed by atoms with E-state index >= 15 is 0 Å². The molecule has 0 bridgehead atoms. The number of halogens is 1. The van der Waals surface area contributed by atoms with Crippen LogP contribution in [0.4, 0.5) is 5.82 Å². The van der Waals surface area contributed by atoms with Gasteiger partial charge in [-0.2, -0.15) is 0 Å². The van der Waals surface area contributed by atoms with E-state index in [0.717, 1.165) is 43.3 Å². The largest absolute Gasteiger partial charge is 0.357 e. The fourth-order valence-electron chi connectivity index (χ4n) is 2.72. The van der Waals surface area contributed by atoms with Gasteiger partial charge < -0.3 is 10.2 Å². The molecule has 0 radical (unpaired) electrons. The van der Waals surface area contributed by atoms with Gasteiger partial charge in [-0.05, 0) is 42.7 Å². The van der Waals surface area contributed by atoms with Crippen LogP contribution >= 0.6 is 11.6 Å². The molecule has 0 aliphatic carbocycles. The van der Waals surface area contributed by atoms with Crippen LogP contribution in [0.15, 0.2) is 48.7 Å². The van der Waals surface area contributed by atoms with Gasteiger partial charge in [0, 0.05) is 36.9 Å². The summed E-state index contributed by atoms with van der Waals surface area (Å²) in [5, 5.41) is 4.43. The summed E-state index contributed by atoms with van der Waals surface area (Å²) in [4.78, 5) is 6.78. The molecule has 4 heteroatoms. The lowest BCUT2D eigenvalue weighted by atomic mass is 10.0. The Kier molecular flexibility index (Phi) is 4.73. The highest BCUT2D eigenvalue weighted by Gasteiger charge is 2.19. The molecule has 1 aliphatic rings. The minimum absolute atomic E-state index is 0.584. The third-order valence-corrected chi connectivity index (χ3v) is 4.23. The smallest absolute Gasteiger partial charge is 0.128 e. The van der Waals surface area contributed by atoms with Gasteiger partial charge in [0.2, 0.25) is 0 Å². The Balaban J connectivity index is 1.47. The van der Waals surface area contributed by atoms with Crippen LogP contribution in [0, 0.1) is 0 Å². The van der Waals surface area contributed by atoms with Crippen molar-refractivity contribution in [3.05, 3.63) is 59.2 Å². The Hall–Kier alpha value is -1.58. The van der Waals surface area contributed by atoms with Crippen molar-refractivity contribution >= 4 is 17.4 Å². The number of nitrogens with zero attached hydrogens (tertiary/aromatic N) is 2. The molecule has 1 aliphatic heterocycles. The summed E-state index contributed by atoms with van der Waals surface area (Å²) < 4.78 is 0. The number of benzene rings is 1. The Morgan fingerprint density at radius 3 is 2.52 bits per heavy atom. The second-order valence-electron chi connectivity index (χ2n) is 5.46. The molecule has 0 atom stereocenters. The zero-order valence-electron chi connectivity index (χ0n) is 12.0. The third kappa shape index (κ3) is 3.96. The maximum Gasteiger partial charge on any atom is 0.128 e. The molecule has 21 heavy (non-hydrogen) atoms. The van der Waals surface area contributed by atoms with Gasteiger partial charge in [0.05, 0.1) is 0 Å². The molecule has 1 aromatic heterocycles. The first kappa shape index (κ1) is 14.4. The second-order valence-corrected chi connectivity index (χ2v) is 5.89. The van der Waals surface area contributed by atoms with Crippen molar-refractivity contribution in [2.24, 2.45) is 0 Å². The van der Waals surface area contributed by atoms with E-state index in [4.69, 9.17) is 11.6 Å². The molecule has 110 valence electrons. The van der Waals surface area contributed by atoms with Crippen molar-refractivity contribution in [1.82, 2.24) is 10.3 Å². The Labute approximate surface area is 131 Å². The fourth-order valence-corrected chi connectivity index (χ4v) is 2.84. The molecule has 1 aromatic carbocycles. The molecule has 0 saturated carbocycles. The monoisotopic (exact) mass is 301 g/mol. The summed E-state index contributed by atoms with van der Waals surface area (Å²) in [6, 6.07) is 14.7. The maximum atomic E-state index is 5.90. The summed E-state index contributed by atoms with van der Waals surface area (Å²) in [6.45, 7) is 3.04. The lowest BCUT2D eigenvalue weighted by molar-refractivity contribution is 0.413. The van der Waals surface area contributed by atoms with Gasteiger partial charge in [0.15, 0.2) is 0 Å². The Morgan fingerprint density at radius 1 is 1.10 bits per heavy atom. The first-order valence-electron chi connectivity index (χ1n) is 7.45. The first-order chi connectivity index (χ1) is 10.3. The van der Waals surface area contributed by atoms with Crippen molar-refractivity contribution < 1.29 is 0 Å². The fraction of sp³-hybridized carbons (Fsp3) is 0.353. The summed E-state index contributed by atoms with van der Waals surface area (Å²) >= 11 is 5.90. The molecular formula is C17H20ClN3. The third-order valence-electron chi connectivity index (χ3n) is 3.98. The maximum absolute atomic E-state index is 5.90. The summed E-state index contributed by atoms with van der Waals surface area (Å²) in [5.74, 6) is 1.09. The molecule has 3 rings (SSSR count). The first-order valence-corrected chi connectivity index (χ1v) is 7.83. The van der Waals surface area contributed by atoms with E-state index in [9.17, 15) is 0 Å². The van der Waals surface area contributed by atoms with E-state index in [1.165, 1.54) is 5.56 Å². The number of hydrogen-bond donors (Lipinski definition) is 1. The van der Waals surface area contributed by atoms with Gasteiger partial charge >= 0.3 is 0 Å². The van der Waals surface area contributed by atoms with E-state index in [0.29, 0.717) is 6.04 Å². The minimum atomic E-state index is 0.584. The van der Waals surface area contributed by atoms with E-state index in [1.54, 1.807) is 0 Å². The average molecular weight is 302 g/mol. The molecule has 0 spiro atoms. The van der Waals surface area contributed by atoms with Crippen LogP contribution in [0.1, 0.15) is 18.4 Å². The van der Waals surface area contributed by atoms with Crippen LogP contribution in [0.3, 0.4) is 0 Å². The van der Waals surface area contributed by atoms with Crippen molar-refractivity contribution in [1.29, 1.82) is 0 Å². The number of nitrogens with one attached hydrogen (secondary N) is 1. The quantitative estimate of drug-likeness (QED) is 0.937. The number of piperidine rings is 1. The normalized spacial score (nSPS) is 16.1. The van der Waals surface area contributed by atoms with E-state index in [-0.39, 0.29) is 0 Å². The van der Waals surface area contributed by atoms with E-state index < -0.39 is 0 Å². The highest BCUT2D eigenvalue weighted by atomic mass is 35.5. The van der Waals surface area contributed by atoms with Crippen molar-refractivity contribution in [3.63, 3.8) is 0 Å². The molecule has 0 unspecified atom stereocenters. The molecule has 1 fully saturated rings. The van der Waals surface area contributed by atoms with Gasteiger partial charge in [0.25, 0.3) is 0 Å². The molecule has 2 aromatic rings. The Morgan fingerprint density at radius 2 is 1.86 bits per heavy atom. The predicted molar refractivity (Wildman–Crippen MR) is 87.8 cm³/mol. The zero-order valence-corrected chi connectivity index (χ0v) is 12.8. The van der Waals surface area contributed by atoms with Gasteiger partial charge in [-0.1, -0.05) is 29.8 Å². The lowest BCUT2D eigenvalue weighted by Gasteiger charge is -2.33. The predicted octanol–water partition coefficient (Wildman–Crippen LogP) is 3.49. The molecule has 2 heterocycles. The minimum Gasteiger partial charge on any atom is -0.357 e. The van der Waals surface area contributed by atoms with Crippen LogP contribution < -0.4 is 10.2 Å². The van der Waals surface area contributed by atoms with Crippen molar-refractivity contribution in [2.45, 2.75) is 25.4 Å².